The van der Waals surface area contributed by atoms with Crippen LogP contribution in [0.2, 0.25) is 0 Å². The largest absolute Gasteiger partial charge is 0.507 e. The lowest BCUT2D eigenvalue weighted by Crippen LogP contribution is -2.07. The van der Waals surface area contributed by atoms with Crippen molar-refractivity contribution in [3.8, 4) is 23.0 Å². The molecule has 0 spiro atoms. The van der Waals surface area contributed by atoms with Gasteiger partial charge in [0.2, 0.25) is 0 Å². The number of benzene rings is 2. The van der Waals surface area contributed by atoms with Crippen LogP contribution in [0, 0.1) is 6.92 Å². The second kappa shape index (κ2) is 9.77. The number of rotatable bonds is 9. The van der Waals surface area contributed by atoms with Crippen molar-refractivity contribution < 1.29 is 34.4 Å². The first-order valence-electron chi connectivity index (χ1n) is 10.8. The van der Waals surface area contributed by atoms with E-state index in [1.165, 1.54) is 0 Å². The molecule has 0 unspecified atom stereocenters. The number of aromatic carboxylic acids is 1. The zero-order valence-electron chi connectivity index (χ0n) is 18.5. The van der Waals surface area contributed by atoms with E-state index in [4.69, 9.17) is 9.47 Å². The number of hydrogen-bond acceptors (Lipinski definition) is 6. The third-order valence-corrected chi connectivity index (χ3v) is 5.33. The van der Waals surface area contributed by atoms with Gasteiger partial charge in [-0.15, -0.1) is 0 Å². The van der Waals surface area contributed by atoms with Gasteiger partial charge in [-0.05, 0) is 50.0 Å². The molecule has 0 aromatic heterocycles. The van der Waals surface area contributed by atoms with Gasteiger partial charge in [-0.2, -0.15) is 0 Å². The number of unbranched alkanes of at least 4 members (excludes halogenated alkanes) is 3. The summed E-state index contributed by atoms with van der Waals surface area (Å²) in [6.07, 6.45) is 6.17. The Morgan fingerprint density at radius 3 is 2.50 bits per heavy atom. The number of carboxylic acid groups (broad SMARTS) is 1. The smallest absolute Gasteiger partial charge is 0.348 e. The summed E-state index contributed by atoms with van der Waals surface area (Å²) >= 11 is 0. The Morgan fingerprint density at radius 1 is 1.09 bits per heavy atom. The van der Waals surface area contributed by atoms with Crippen LogP contribution in [0.1, 0.15) is 83.4 Å². The highest BCUT2D eigenvalue weighted by Gasteiger charge is 2.32. The number of aromatic hydroxyl groups is 2. The fraction of sp³-hybridized carbons (Fsp3) is 0.360. The molecule has 0 bridgehead atoms. The van der Waals surface area contributed by atoms with Crippen molar-refractivity contribution in [2.24, 2.45) is 0 Å². The van der Waals surface area contributed by atoms with Crippen LogP contribution >= 0.6 is 0 Å². The third-order valence-electron chi connectivity index (χ3n) is 5.33. The molecule has 2 aromatic carbocycles. The van der Waals surface area contributed by atoms with E-state index in [2.05, 4.69) is 0 Å². The number of phenols is 2. The number of fused-ring (bicyclic) bond motifs is 1. The molecule has 170 valence electrons. The number of esters is 1. The summed E-state index contributed by atoms with van der Waals surface area (Å²) in [4.78, 5) is 24.5. The molecule has 0 fully saturated rings. The molecule has 0 atom stereocenters. The molecular weight excluding hydrogens is 412 g/mol. The molecule has 1 aliphatic rings. The Morgan fingerprint density at radius 2 is 1.84 bits per heavy atom. The molecule has 1 heterocycles. The Kier molecular flexibility index (Phi) is 7.08. The molecule has 3 N–H and O–H groups in total. The lowest BCUT2D eigenvalue weighted by atomic mass is 9.98. The molecule has 32 heavy (non-hydrogen) atoms. The first-order valence-corrected chi connectivity index (χ1v) is 10.8. The Balaban J connectivity index is 2.15. The standard InChI is InChI=1S/C25H28O7/c1-4-6-8-9-15-21(24(28)29)17(26)13-18(27)23(15)31-20-12-14(3)11-16-19(10-7-5-2)32-25(30)22(16)20/h10-13,26-27H,4-9H2,1-3H3,(H,28,29)/b19-10+. The van der Waals surface area contributed by atoms with Crippen LogP contribution in [0.15, 0.2) is 24.3 Å². The first kappa shape index (κ1) is 23.2. The minimum atomic E-state index is -1.32. The van der Waals surface area contributed by atoms with Crippen molar-refractivity contribution in [2.75, 3.05) is 0 Å². The fourth-order valence-corrected chi connectivity index (χ4v) is 3.81. The molecule has 0 aliphatic carbocycles. The van der Waals surface area contributed by atoms with Crippen molar-refractivity contribution in [2.45, 2.75) is 59.3 Å². The SMILES string of the molecule is CCC/C=C1/OC(=O)c2c(Oc3c(O)cc(O)c(C(=O)O)c3CCCCC)cc(C)cc21. The first-order chi connectivity index (χ1) is 15.3. The van der Waals surface area contributed by atoms with Crippen LogP contribution in [0.4, 0.5) is 0 Å². The summed E-state index contributed by atoms with van der Waals surface area (Å²) in [6.45, 7) is 5.88. The molecule has 0 radical (unpaired) electrons. The predicted octanol–water partition coefficient (Wildman–Crippen LogP) is 5.94. The highest BCUT2D eigenvalue weighted by Crippen LogP contribution is 2.45. The van der Waals surface area contributed by atoms with Crippen LogP contribution in [-0.2, 0) is 11.2 Å². The Hall–Kier alpha value is -3.48. The lowest BCUT2D eigenvalue weighted by Gasteiger charge is -2.17. The van der Waals surface area contributed by atoms with E-state index < -0.39 is 23.4 Å². The van der Waals surface area contributed by atoms with E-state index in [1.54, 1.807) is 6.07 Å². The summed E-state index contributed by atoms with van der Waals surface area (Å²) in [5, 5.41) is 30.4. The molecule has 7 heteroatoms. The van der Waals surface area contributed by atoms with E-state index in [9.17, 15) is 24.9 Å². The van der Waals surface area contributed by atoms with Gasteiger partial charge in [-0.3, -0.25) is 0 Å². The summed E-state index contributed by atoms with van der Waals surface area (Å²) in [5.74, 6) is -2.28. The number of cyclic esters (lactones) is 1. The number of hydrogen-bond donors (Lipinski definition) is 3. The van der Waals surface area contributed by atoms with Crippen LogP contribution < -0.4 is 4.74 Å². The molecule has 0 saturated heterocycles. The van der Waals surface area contributed by atoms with Crippen LogP contribution in [0.5, 0.6) is 23.0 Å². The minimum absolute atomic E-state index is 0.0807. The highest BCUT2D eigenvalue weighted by atomic mass is 16.5. The van der Waals surface area contributed by atoms with E-state index in [0.29, 0.717) is 17.7 Å². The zero-order chi connectivity index (χ0) is 23.4. The van der Waals surface area contributed by atoms with Crippen LogP contribution in [0.3, 0.4) is 0 Å². The maximum atomic E-state index is 12.6. The number of phenolic OH excluding ortho intramolecular Hbond substituents is 1. The average molecular weight is 440 g/mol. The maximum absolute atomic E-state index is 12.6. The number of allylic oxidation sites excluding steroid dienone is 1. The van der Waals surface area contributed by atoms with Gasteiger partial charge in [0.1, 0.15) is 28.4 Å². The second-order valence-electron chi connectivity index (χ2n) is 7.89. The van der Waals surface area contributed by atoms with Gasteiger partial charge >= 0.3 is 11.9 Å². The number of carbonyl (C=O) groups is 2. The normalized spacial score (nSPS) is 13.8. The minimum Gasteiger partial charge on any atom is -0.507 e. The van der Waals surface area contributed by atoms with Gasteiger partial charge in [0.15, 0.2) is 11.5 Å². The van der Waals surface area contributed by atoms with Gasteiger partial charge in [0.25, 0.3) is 0 Å². The number of aryl methyl sites for hydroxylation is 1. The van der Waals surface area contributed by atoms with Crippen LogP contribution in [-0.4, -0.2) is 27.3 Å². The number of carbonyl (C=O) groups excluding carboxylic acids is 1. The topological polar surface area (TPSA) is 113 Å². The third kappa shape index (κ3) is 4.56. The van der Waals surface area contributed by atoms with Gasteiger partial charge in [0.05, 0.1) is 0 Å². The lowest BCUT2D eigenvalue weighted by molar-refractivity contribution is 0.0686. The van der Waals surface area contributed by atoms with Crippen molar-refractivity contribution >= 4 is 17.7 Å². The zero-order valence-corrected chi connectivity index (χ0v) is 18.5. The van der Waals surface area contributed by atoms with E-state index in [1.807, 2.05) is 32.9 Å². The average Bonchev–Trinajstić information content (AvgIpc) is 3.04. The predicted molar refractivity (Wildman–Crippen MR) is 120 cm³/mol. The Labute approximate surface area is 186 Å². The summed E-state index contributed by atoms with van der Waals surface area (Å²) in [5.41, 5.74) is 1.50. The molecular formula is C25H28O7. The molecule has 0 saturated carbocycles. The van der Waals surface area contributed by atoms with E-state index in [0.717, 1.165) is 37.3 Å². The summed E-state index contributed by atoms with van der Waals surface area (Å²) in [7, 11) is 0. The van der Waals surface area contributed by atoms with Crippen molar-refractivity contribution in [3.63, 3.8) is 0 Å². The van der Waals surface area contributed by atoms with Gasteiger partial charge in [-0.1, -0.05) is 33.1 Å². The highest BCUT2D eigenvalue weighted by molar-refractivity contribution is 6.05. The van der Waals surface area contributed by atoms with Crippen molar-refractivity contribution in [3.05, 3.63) is 52.1 Å². The quantitative estimate of drug-likeness (QED) is 0.326. The van der Waals surface area contributed by atoms with E-state index in [-0.39, 0.29) is 34.6 Å². The molecule has 7 nitrogen and oxygen atoms in total. The van der Waals surface area contributed by atoms with Gasteiger partial charge in [-0.25, -0.2) is 9.59 Å². The molecule has 3 rings (SSSR count). The van der Waals surface area contributed by atoms with Crippen molar-refractivity contribution in [1.82, 2.24) is 0 Å². The fourth-order valence-electron chi connectivity index (χ4n) is 3.81. The second-order valence-corrected chi connectivity index (χ2v) is 7.89. The number of carboxylic acids is 1. The number of ether oxygens (including phenoxy) is 2. The maximum Gasteiger partial charge on any atom is 0.348 e. The van der Waals surface area contributed by atoms with Gasteiger partial charge in [0, 0.05) is 17.2 Å². The van der Waals surface area contributed by atoms with Crippen molar-refractivity contribution in [1.29, 1.82) is 0 Å². The Bertz CT molecular complexity index is 1080. The molecule has 0 amide bonds. The summed E-state index contributed by atoms with van der Waals surface area (Å²) < 4.78 is 11.4. The van der Waals surface area contributed by atoms with Gasteiger partial charge < -0.3 is 24.8 Å². The van der Waals surface area contributed by atoms with Crippen LogP contribution in [0.25, 0.3) is 5.76 Å². The molecule has 2 aromatic rings. The monoisotopic (exact) mass is 440 g/mol. The molecule has 1 aliphatic heterocycles. The van der Waals surface area contributed by atoms with E-state index >= 15 is 0 Å². The summed E-state index contributed by atoms with van der Waals surface area (Å²) in [6, 6.07) is 4.42.